The number of hydrogen-bond acceptors (Lipinski definition) is 2. The smallest absolute Gasteiger partial charge is 0.111 e. The van der Waals surface area contributed by atoms with Gasteiger partial charge in [-0.2, -0.15) is 0 Å². The van der Waals surface area contributed by atoms with Gasteiger partial charge in [0.05, 0.1) is 11.0 Å². The highest BCUT2D eigenvalue weighted by Crippen LogP contribution is 2.14. The third kappa shape index (κ3) is 2.07. The van der Waals surface area contributed by atoms with Crippen LogP contribution in [-0.4, -0.2) is 9.97 Å². The molecule has 1 heterocycles. The number of imidazole rings is 1. The highest BCUT2D eigenvalue weighted by atomic mass is 14.9. The molecule has 0 amide bonds. The van der Waals surface area contributed by atoms with Gasteiger partial charge in [-0.15, -0.1) is 0 Å². The lowest BCUT2D eigenvalue weighted by molar-refractivity contribution is 1.02. The summed E-state index contributed by atoms with van der Waals surface area (Å²) in [6, 6.07) is 6.05. The van der Waals surface area contributed by atoms with Crippen LogP contribution in [0.3, 0.4) is 0 Å². The van der Waals surface area contributed by atoms with Crippen LogP contribution in [0.15, 0.2) is 30.4 Å². The third-order valence-electron chi connectivity index (χ3n) is 2.30. The van der Waals surface area contributed by atoms with Gasteiger partial charge in [-0.25, -0.2) is 4.98 Å². The maximum Gasteiger partial charge on any atom is 0.111 e. The Bertz CT molecular complexity index is 497. The van der Waals surface area contributed by atoms with E-state index in [1.54, 1.807) is 0 Å². The number of nitrogens with one attached hydrogen (secondary N) is 1. The average molecular weight is 201 g/mol. The second-order valence-corrected chi connectivity index (χ2v) is 3.87. The second-order valence-electron chi connectivity index (χ2n) is 3.87. The Morgan fingerprint density at radius 1 is 1.53 bits per heavy atom. The molecule has 0 aliphatic heterocycles. The first kappa shape index (κ1) is 9.93. The van der Waals surface area contributed by atoms with Crippen LogP contribution in [0.1, 0.15) is 18.3 Å². The molecule has 2 rings (SSSR count). The van der Waals surface area contributed by atoms with Crippen molar-refractivity contribution >= 4 is 11.0 Å². The van der Waals surface area contributed by atoms with Crippen molar-refractivity contribution in [3.63, 3.8) is 0 Å². The molecule has 0 radical (unpaired) electrons. The lowest BCUT2D eigenvalue weighted by Gasteiger charge is -1.94. The number of benzene rings is 1. The lowest BCUT2D eigenvalue weighted by atomic mass is 10.2. The molecular formula is C12H15N3. The highest BCUT2D eigenvalue weighted by Gasteiger charge is 2.03. The number of allylic oxidation sites excluding steroid dienone is 1. The molecule has 0 fully saturated rings. The summed E-state index contributed by atoms with van der Waals surface area (Å²) in [5.74, 6) is 0.965. The average Bonchev–Trinajstić information content (AvgIpc) is 2.57. The summed E-state index contributed by atoms with van der Waals surface area (Å²) in [5, 5.41) is 0. The van der Waals surface area contributed by atoms with Crippen molar-refractivity contribution in [2.24, 2.45) is 5.73 Å². The summed E-state index contributed by atoms with van der Waals surface area (Å²) in [6.07, 6.45) is 0.798. The maximum atomic E-state index is 5.58. The molecule has 0 saturated heterocycles. The van der Waals surface area contributed by atoms with E-state index in [4.69, 9.17) is 5.73 Å². The molecule has 0 spiro atoms. The number of fused-ring (bicyclic) bond motifs is 1. The fourth-order valence-corrected chi connectivity index (χ4v) is 1.61. The minimum absolute atomic E-state index is 0.560. The molecule has 0 atom stereocenters. The van der Waals surface area contributed by atoms with Crippen LogP contribution < -0.4 is 5.73 Å². The molecule has 78 valence electrons. The Morgan fingerprint density at radius 2 is 2.33 bits per heavy atom. The van der Waals surface area contributed by atoms with Crippen molar-refractivity contribution in [3.05, 3.63) is 41.7 Å². The Kier molecular flexibility index (Phi) is 2.56. The van der Waals surface area contributed by atoms with Crippen LogP contribution in [0, 0.1) is 0 Å². The van der Waals surface area contributed by atoms with Crippen molar-refractivity contribution in [2.45, 2.75) is 19.9 Å². The number of nitrogens with two attached hydrogens (primary N) is 1. The minimum atomic E-state index is 0.560. The number of aromatic nitrogens is 2. The Hall–Kier alpha value is -1.61. The van der Waals surface area contributed by atoms with E-state index in [9.17, 15) is 0 Å². The first-order valence-electron chi connectivity index (χ1n) is 5.01. The molecular weight excluding hydrogens is 186 g/mol. The first-order valence-corrected chi connectivity index (χ1v) is 5.01. The molecule has 0 unspecified atom stereocenters. The van der Waals surface area contributed by atoms with E-state index < -0.39 is 0 Å². The van der Waals surface area contributed by atoms with Crippen LogP contribution in [0.2, 0.25) is 0 Å². The highest BCUT2D eigenvalue weighted by molar-refractivity contribution is 5.75. The van der Waals surface area contributed by atoms with Gasteiger partial charge in [0.15, 0.2) is 0 Å². The van der Waals surface area contributed by atoms with Gasteiger partial charge in [0.2, 0.25) is 0 Å². The zero-order chi connectivity index (χ0) is 10.8. The fraction of sp³-hybridized carbons (Fsp3) is 0.250. The van der Waals surface area contributed by atoms with E-state index in [1.807, 2.05) is 25.1 Å². The van der Waals surface area contributed by atoms with Crippen LogP contribution in [0.5, 0.6) is 0 Å². The summed E-state index contributed by atoms with van der Waals surface area (Å²) in [6.45, 7) is 6.43. The van der Waals surface area contributed by atoms with E-state index in [2.05, 4.69) is 16.5 Å². The second kappa shape index (κ2) is 3.87. The molecule has 0 saturated carbocycles. The molecule has 3 nitrogen and oxygen atoms in total. The summed E-state index contributed by atoms with van der Waals surface area (Å²) < 4.78 is 0. The maximum absolute atomic E-state index is 5.58. The number of hydrogen-bond donors (Lipinski definition) is 2. The molecule has 15 heavy (non-hydrogen) atoms. The quantitative estimate of drug-likeness (QED) is 0.747. The van der Waals surface area contributed by atoms with Gasteiger partial charge in [-0.1, -0.05) is 18.2 Å². The molecule has 3 heteroatoms. The van der Waals surface area contributed by atoms with E-state index in [0.717, 1.165) is 34.4 Å². The van der Waals surface area contributed by atoms with Crippen LogP contribution in [-0.2, 0) is 13.0 Å². The minimum Gasteiger partial charge on any atom is -0.342 e. The Morgan fingerprint density at radius 3 is 3.00 bits per heavy atom. The lowest BCUT2D eigenvalue weighted by Crippen LogP contribution is -1.95. The monoisotopic (exact) mass is 201 g/mol. The van der Waals surface area contributed by atoms with Gasteiger partial charge < -0.3 is 10.7 Å². The molecule has 0 aliphatic carbocycles. The Labute approximate surface area is 89.0 Å². The fourth-order valence-electron chi connectivity index (χ4n) is 1.61. The van der Waals surface area contributed by atoms with Gasteiger partial charge in [0, 0.05) is 13.0 Å². The van der Waals surface area contributed by atoms with Gasteiger partial charge >= 0.3 is 0 Å². The van der Waals surface area contributed by atoms with E-state index in [-0.39, 0.29) is 0 Å². The molecule has 1 aromatic carbocycles. The van der Waals surface area contributed by atoms with E-state index in [1.165, 1.54) is 0 Å². The number of rotatable bonds is 3. The van der Waals surface area contributed by atoms with Gasteiger partial charge in [0.25, 0.3) is 0 Å². The van der Waals surface area contributed by atoms with Gasteiger partial charge in [-0.3, -0.25) is 0 Å². The zero-order valence-corrected chi connectivity index (χ0v) is 8.88. The van der Waals surface area contributed by atoms with Gasteiger partial charge in [-0.05, 0) is 24.6 Å². The van der Waals surface area contributed by atoms with Crippen LogP contribution >= 0.6 is 0 Å². The summed E-state index contributed by atoms with van der Waals surface area (Å²) in [4.78, 5) is 7.75. The van der Waals surface area contributed by atoms with Crippen molar-refractivity contribution in [2.75, 3.05) is 0 Å². The molecule has 2 aromatic rings. The first-order chi connectivity index (χ1) is 7.19. The van der Waals surface area contributed by atoms with Crippen molar-refractivity contribution in [1.29, 1.82) is 0 Å². The number of aromatic amines is 1. The summed E-state index contributed by atoms with van der Waals surface area (Å²) in [7, 11) is 0. The van der Waals surface area contributed by atoms with Crippen LogP contribution in [0.4, 0.5) is 0 Å². The number of nitrogens with zero attached hydrogens (tertiary/aromatic N) is 1. The van der Waals surface area contributed by atoms with Crippen molar-refractivity contribution in [1.82, 2.24) is 9.97 Å². The number of H-pyrrole nitrogens is 1. The molecule has 0 aliphatic rings. The SMILES string of the molecule is C=C(C)Cc1nc2ccc(CN)cc2[nH]1. The van der Waals surface area contributed by atoms with Crippen molar-refractivity contribution < 1.29 is 0 Å². The van der Waals surface area contributed by atoms with Gasteiger partial charge in [0.1, 0.15) is 5.82 Å². The van der Waals surface area contributed by atoms with Crippen LogP contribution in [0.25, 0.3) is 11.0 Å². The topological polar surface area (TPSA) is 54.7 Å². The predicted octanol–water partition coefficient (Wildman–Crippen LogP) is 2.14. The normalized spacial score (nSPS) is 10.8. The third-order valence-corrected chi connectivity index (χ3v) is 2.30. The molecule has 0 bridgehead atoms. The molecule has 1 aromatic heterocycles. The molecule has 3 N–H and O–H groups in total. The largest absolute Gasteiger partial charge is 0.342 e. The van der Waals surface area contributed by atoms with E-state index in [0.29, 0.717) is 6.54 Å². The summed E-state index contributed by atoms with van der Waals surface area (Å²) in [5.41, 5.74) is 9.84. The van der Waals surface area contributed by atoms with E-state index >= 15 is 0 Å². The standard InChI is InChI=1S/C12H15N3/c1-8(2)5-12-14-10-4-3-9(7-13)6-11(10)15-12/h3-4,6H,1,5,7,13H2,2H3,(H,14,15). The summed E-state index contributed by atoms with van der Waals surface area (Å²) >= 11 is 0. The Balaban J connectivity index is 2.42. The van der Waals surface area contributed by atoms with Crippen molar-refractivity contribution in [3.8, 4) is 0 Å². The predicted molar refractivity (Wildman–Crippen MR) is 62.5 cm³/mol. The zero-order valence-electron chi connectivity index (χ0n) is 8.88.